The van der Waals surface area contributed by atoms with Crippen LogP contribution in [0.4, 0.5) is 0 Å². The molecule has 5 rings (SSSR count). The van der Waals surface area contributed by atoms with Gasteiger partial charge in [0, 0.05) is 42.3 Å². The van der Waals surface area contributed by atoms with Crippen molar-refractivity contribution in [3.63, 3.8) is 0 Å². The van der Waals surface area contributed by atoms with Crippen LogP contribution in [-0.4, -0.2) is 44.2 Å². The van der Waals surface area contributed by atoms with E-state index in [0.717, 1.165) is 21.8 Å². The first-order valence-electron chi connectivity index (χ1n) is 9.64. The van der Waals surface area contributed by atoms with Crippen LogP contribution in [0.3, 0.4) is 0 Å². The quantitative estimate of drug-likeness (QED) is 0.426. The molecule has 0 aliphatic rings. The summed E-state index contributed by atoms with van der Waals surface area (Å²) in [6.07, 6.45) is 1.59. The molecular formula is C23H18ClN5O2. The predicted molar refractivity (Wildman–Crippen MR) is 122 cm³/mol. The van der Waals surface area contributed by atoms with Crippen molar-refractivity contribution in [2.24, 2.45) is 7.05 Å². The summed E-state index contributed by atoms with van der Waals surface area (Å²) in [5.41, 5.74) is 2.29. The third-order valence-corrected chi connectivity index (χ3v) is 5.66. The molecule has 1 amide bonds. The largest absolute Gasteiger partial charge is 0.343 e. The van der Waals surface area contributed by atoms with E-state index in [1.807, 2.05) is 36.4 Å². The second kappa shape index (κ2) is 6.92. The smallest absolute Gasteiger partial charge is 0.296 e. The van der Waals surface area contributed by atoms with E-state index in [0.29, 0.717) is 21.6 Å². The van der Waals surface area contributed by atoms with Gasteiger partial charge in [-0.3, -0.25) is 14.6 Å². The minimum atomic E-state index is -0.336. The number of carbonyl (C=O) groups is 1. The number of halogens is 1. The maximum absolute atomic E-state index is 13.6. The lowest BCUT2D eigenvalue weighted by Gasteiger charge is -2.13. The van der Waals surface area contributed by atoms with Crippen molar-refractivity contribution in [3.8, 4) is 5.69 Å². The Labute approximate surface area is 182 Å². The Balaban J connectivity index is 1.93. The standard InChI is InChI=1S/C23H18ClN5O2/c1-27(2)22(30)20-19-16-9-8-14(24)11-18(16)28(3)21(19)23(31)29(26-20)15-10-13-6-4-5-7-17(13)25-12-15/h4-12H,1-3H3. The summed E-state index contributed by atoms with van der Waals surface area (Å²) < 4.78 is 3.01. The molecule has 2 aromatic carbocycles. The summed E-state index contributed by atoms with van der Waals surface area (Å²) in [5, 5.41) is 7.20. The van der Waals surface area contributed by atoms with Gasteiger partial charge in [0.1, 0.15) is 5.52 Å². The first kappa shape index (κ1) is 19.3. The van der Waals surface area contributed by atoms with Crippen LogP contribution in [0, 0.1) is 0 Å². The molecule has 0 unspecified atom stereocenters. The zero-order chi connectivity index (χ0) is 21.9. The summed E-state index contributed by atoms with van der Waals surface area (Å²) in [7, 11) is 5.10. The number of rotatable bonds is 2. The summed E-state index contributed by atoms with van der Waals surface area (Å²) in [6, 6.07) is 14.8. The highest BCUT2D eigenvalue weighted by atomic mass is 35.5. The topological polar surface area (TPSA) is 73.0 Å². The predicted octanol–water partition coefficient (Wildman–Crippen LogP) is 3.78. The fraction of sp³-hybridized carbons (Fsp3) is 0.130. The second-order valence-corrected chi connectivity index (χ2v) is 8.03. The molecule has 0 atom stereocenters. The highest BCUT2D eigenvalue weighted by molar-refractivity contribution is 6.31. The van der Waals surface area contributed by atoms with Gasteiger partial charge in [-0.2, -0.15) is 9.78 Å². The third-order valence-electron chi connectivity index (χ3n) is 5.42. The number of hydrogen-bond donors (Lipinski definition) is 0. The zero-order valence-electron chi connectivity index (χ0n) is 17.1. The average molecular weight is 432 g/mol. The van der Waals surface area contributed by atoms with Crippen LogP contribution in [0.25, 0.3) is 38.4 Å². The molecule has 31 heavy (non-hydrogen) atoms. The highest BCUT2D eigenvalue weighted by Gasteiger charge is 2.24. The number of carbonyl (C=O) groups excluding carboxylic acids is 1. The Morgan fingerprint density at radius 3 is 2.65 bits per heavy atom. The Kier molecular flexibility index (Phi) is 4.30. The molecule has 0 aliphatic heterocycles. The number of pyridine rings is 1. The maximum atomic E-state index is 13.6. The minimum Gasteiger partial charge on any atom is -0.343 e. The van der Waals surface area contributed by atoms with Crippen LogP contribution < -0.4 is 5.56 Å². The summed E-state index contributed by atoms with van der Waals surface area (Å²) in [5.74, 6) is -0.296. The summed E-state index contributed by atoms with van der Waals surface area (Å²) in [6.45, 7) is 0. The number of hydrogen-bond acceptors (Lipinski definition) is 4. The van der Waals surface area contributed by atoms with Crippen molar-refractivity contribution < 1.29 is 4.79 Å². The number of nitrogens with zero attached hydrogens (tertiary/aromatic N) is 5. The number of amides is 1. The third kappa shape index (κ3) is 2.89. The molecule has 0 fully saturated rings. The molecule has 0 radical (unpaired) electrons. The van der Waals surface area contributed by atoms with Gasteiger partial charge in [-0.15, -0.1) is 0 Å². The van der Waals surface area contributed by atoms with E-state index in [1.54, 1.807) is 44.0 Å². The lowest BCUT2D eigenvalue weighted by Crippen LogP contribution is -2.30. The van der Waals surface area contributed by atoms with Crippen molar-refractivity contribution in [1.82, 2.24) is 24.2 Å². The molecule has 154 valence electrons. The second-order valence-electron chi connectivity index (χ2n) is 7.60. The molecule has 7 nitrogen and oxygen atoms in total. The molecule has 0 saturated heterocycles. The van der Waals surface area contributed by atoms with Crippen LogP contribution in [0.1, 0.15) is 10.5 Å². The van der Waals surface area contributed by atoms with Gasteiger partial charge in [0.05, 0.1) is 22.9 Å². The lowest BCUT2D eigenvalue weighted by molar-refractivity contribution is 0.0822. The maximum Gasteiger partial charge on any atom is 0.296 e. The van der Waals surface area contributed by atoms with E-state index >= 15 is 0 Å². The first-order chi connectivity index (χ1) is 14.9. The van der Waals surface area contributed by atoms with Gasteiger partial charge in [0.25, 0.3) is 11.5 Å². The Bertz CT molecular complexity index is 1580. The number of aromatic nitrogens is 4. The van der Waals surface area contributed by atoms with E-state index < -0.39 is 0 Å². The Morgan fingerprint density at radius 1 is 1.10 bits per heavy atom. The molecule has 0 N–H and O–H groups in total. The molecule has 3 aromatic heterocycles. The molecule has 0 spiro atoms. The average Bonchev–Trinajstić information content (AvgIpc) is 3.05. The van der Waals surface area contributed by atoms with E-state index in [9.17, 15) is 9.59 Å². The molecule has 0 saturated carbocycles. The van der Waals surface area contributed by atoms with Crippen LogP contribution in [-0.2, 0) is 7.05 Å². The Hall–Kier alpha value is -3.71. The van der Waals surface area contributed by atoms with Crippen molar-refractivity contribution >= 4 is 50.2 Å². The highest BCUT2D eigenvalue weighted by Crippen LogP contribution is 2.31. The minimum absolute atomic E-state index is 0.195. The summed E-state index contributed by atoms with van der Waals surface area (Å²) in [4.78, 5) is 32.6. The molecule has 0 aliphatic carbocycles. The lowest BCUT2D eigenvalue weighted by atomic mass is 10.1. The van der Waals surface area contributed by atoms with Crippen LogP contribution >= 0.6 is 11.6 Å². The van der Waals surface area contributed by atoms with Gasteiger partial charge in [0.2, 0.25) is 0 Å². The van der Waals surface area contributed by atoms with Gasteiger partial charge < -0.3 is 9.47 Å². The van der Waals surface area contributed by atoms with Gasteiger partial charge in [0.15, 0.2) is 5.69 Å². The van der Waals surface area contributed by atoms with Crippen molar-refractivity contribution in [3.05, 3.63) is 75.8 Å². The zero-order valence-corrected chi connectivity index (χ0v) is 17.9. The molecular weight excluding hydrogens is 414 g/mol. The number of benzene rings is 2. The monoisotopic (exact) mass is 431 g/mol. The number of fused-ring (bicyclic) bond motifs is 4. The van der Waals surface area contributed by atoms with E-state index in [2.05, 4.69) is 10.1 Å². The molecule has 3 heterocycles. The summed E-state index contributed by atoms with van der Waals surface area (Å²) >= 11 is 6.20. The van der Waals surface area contributed by atoms with Gasteiger partial charge in [-0.25, -0.2) is 0 Å². The molecule has 5 aromatic rings. The van der Waals surface area contributed by atoms with Gasteiger partial charge in [-0.1, -0.05) is 35.9 Å². The van der Waals surface area contributed by atoms with Gasteiger partial charge >= 0.3 is 0 Å². The fourth-order valence-electron chi connectivity index (χ4n) is 3.91. The number of aryl methyl sites for hydroxylation is 1. The van der Waals surface area contributed by atoms with Gasteiger partial charge in [-0.05, 0) is 24.3 Å². The first-order valence-corrected chi connectivity index (χ1v) is 10.0. The molecule has 8 heteroatoms. The van der Waals surface area contributed by atoms with Crippen LogP contribution in [0.2, 0.25) is 5.02 Å². The fourth-order valence-corrected chi connectivity index (χ4v) is 4.07. The Morgan fingerprint density at radius 2 is 1.87 bits per heavy atom. The molecule has 0 bridgehead atoms. The van der Waals surface area contributed by atoms with Crippen molar-refractivity contribution in [2.75, 3.05) is 14.1 Å². The van der Waals surface area contributed by atoms with Crippen molar-refractivity contribution in [2.45, 2.75) is 0 Å². The number of para-hydroxylation sites is 1. The van der Waals surface area contributed by atoms with Crippen LogP contribution in [0.15, 0.2) is 59.5 Å². The SMILES string of the molecule is CN(C)C(=O)c1nn(-c2cnc3ccccc3c2)c(=O)c2c1c1ccc(Cl)cc1n2C. The normalized spacial score (nSPS) is 11.5. The van der Waals surface area contributed by atoms with E-state index in [-0.39, 0.29) is 17.2 Å². The van der Waals surface area contributed by atoms with E-state index in [4.69, 9.17) is 11.6 Å². The van der Waals surface area contributed by atoms with Crippen molar-refractivity contribution in [1.29, 1.82) is 0 Å². The van der Waals surface area contributed by atoms with Crippen LogP contribution in [0.5, 0.6) is 0 Å². The van der Waals surface area contributed by atoms with E-state index in [1.165, 1.54) is 9.58 Å².